The third-order valence-corrected chi connectivity index (χ3v) is 5.37. The number of hydrogen-bond donors (Lipinski definition) is 2. The lowest BCUT2D eigenvalue weighted by Crippen LogP contribution is -2.34. The Bertz CT molecular complexity index is 1270. The Morgan fingerprint density at radius 3 is 2.32 bits per heavy atom. The van der Waals surface area contributed by atoms with Crippen molar-refractivity contribution >= 4 is 24.0 Å². The number of hydrazone groups is 1. The molecular weight excluding hydrogens is 486 g/mol. The second-order valence-corrected chi connectivity index (χ2v) is 8.37. The number of esters is 1. The molecule has 0 heterocycles. The molecule has 3 aromatic rings. The summed E-state index contributed by atoms with van der Waals surface area (Å²) in [6, 6.07) is 18.6. The molecule has 0 saturated carbocycles. The maximum atomic E-state index is 12.4. The monoisotopic (exact) mass is 517 g/mol. The number of benzene rings is 3. The third-order valence-electron chi connectivity index (χ3n) is 5.37. The second-order valence-electron chi connectivity index (χ2n) is 8.37. The Labute approximate surface area is 221 Å². The fourth-order valence-corrected chi connectivity index (χ4v) is 3.22. The zero-order valence-corrected chi connectivity index (χ0v) is 21.7. The number of carbonyl (C=O) groups excluding carboxylic acids is 3. The van der Waals surface area contributed by atoms with E-state index in [4.69, 9.17) is 14.2 Å². The summed E-state index contributed by atoms with van der Waals surface area (Å²) in [5.41, 5.74) is 4.83. The molecule has 0 aliphatic heterocycles. The maximum absolute atomic E-state index is 12.4. The van der Waals surface area contributed by atoms with Crippen LogP contribution >= 0.6 is 0 Å². The number of unbranched alkanes of at least 4 members (excludes halogenated alkanes) is 1. The molecule has 2 amide bonds. The topological polar surface area (TPSA) is 115 Å². The molecule has 0 aliphatic carbocycles. The molecule has 0 aliphatic rings. The minimum absolute atomic E-state index is 0.248. The van der Waals surface area contributed by atoms with Crippen LogP contribution in [-0.2, 0) is 4.79 Å². The van der Waals surface area contributed by atoms with Crippen LogP contribution in [-0.4, -0.2) is 44.3 Å². The molecular formula is C29H31N3O6. The zero-order chi connectivity index (χ0) is 27.3. The lowest BCUT2D eigenvalue weighted by Gasteiger charge is -2.10. The van der Waals surface area contributed by atoms with E-state index in [1.54, 1.807) is 54.6 Å². The van der Waals surface area contributed by atoms with Crippen molar-refractivity contribution in [3.63, 3.8) is 0 Å². The summed E-state index contributed by atoms with van der Waals surface area (Å²) in [5, 5.41) is 6.45. The lowest BCUT2D eigenvalue weighted by molar-refractivity contribution is -0.120. The van der Waals surface area contributed by atoms with Gasteiger partial charge in [0.15, 0.2) is 11.5 Å². The van der Waals surface area contributed by atoms with Crippen LogP contribution in [0, 0.1) is 6.92 Å². The molecule has 38 heavy (non-hydrogen) atoms. The molecule has 198 valence electrons. The van der Waals surface area contributed by atoms with Crippen LogP contribution in [0.5, 0.6) is 17.2 Å². The highest BCUT2D eigenvalue weighted by Crippen LogP contribution is 2.28. The highest BCUT2D eigenvalue weighted by atomic mass is 16.6. The number of nitrogens with zero attached hydrogens (tertiary/aromatic N) is 1. The van der Waals surface area contributed by atoms with Crippen molar-refractivity contribution in [2.45, 2.75) is 26.7 Å². The Morgan fingerprint density at radius 1 is 0.921 bits per heavy atom. The number of ether oxygens (including phenoxy) is 3. The maximum Gasteiger partial charge on any atom is 0.343 e. The molecule has 0 radical (unpaired) electrons. The lowest BCUT2D eigenvalue weighted by atomic mass is 10.1. The van der Waals surface area contributed by atoms with E-state index in [9.17, 15) is 14.4 Å². The van der Waals surface area contributed by atoms with E-state index in [0.29, 0.717) is 34.8 Å². The minimum atomic E-state index is -0.504. The van der Waals surface area contributed by atoms with Gasteiger partial charge in [-0.3, -0.25) is 9.59 Å². The SMILES string of the molecule is CCCCOc1ccc(C(=O)NCC(=O)NN=Cc2ccc(OC(=O)c3ccc(C)cc3)c(OC)c2)cc1. The molecule has 0 aromatic heterocycles. The van der Waals surface area contributed by atoms with Gasteiger partial charge in [0.05, 0.1) is 32.0 Å². The van der Waals surface area contributed by atoms with E-state index >= 15 is 0 Å². The molecule has 3 aromatic carbocycles. The van der Waals surface area contributed by atoms with Crippen molar-refractivity contribution in [3.8, 4) is 17.2 Å². The third kappa shape index (κ3) is 8.48. The molecule has 9 nitrogen and oxygen atoms in total. The average Bonchev–Trinajstić information content (AvgIpc) is 2.93. The fourth-order valence-electron chi connectivity index (χ4n) is 3.22. The van der Waals surface area contributed by atoms with Crippen molar-refractivity contribution in [1.82, 2.24) is 10.7 Å². The number of carbonyl (C=O) groups is 3. The first-order valence-corrected chi connectivity index (χ1v) is 12.2. The van der Waals surface area contributed by atoms with Gasteiger partial charge in [0.25, 0.3) is 11.8 Å². The van der Waals surface area contributed by atoms with Gasteiger partial charge in [-0.2, -0.15) is 5.10 Å². The highest BCUT2D eigenvalue weighted by molar-refractivity contribution is 5.96. The molecule has 3 rings (SSSR count). The van der Waals surface area contributed by atoms with Gasteiger partial charge in [-0.25, -0.2) is 10.2 Å². The molecule has 0 fully saturated rings. The largest absolute Gasteiger partial charge is 0.494 e. The molecule has 0 spiro atoms. The van der Waals surface area contributed by atoms with Crippen molar-refractivity contribution in [2.75, 3.05) is 20.3 Å². The highest BCUT2D eigenvalue weighted by Gasteiger charge is 2.13. The van der Waals surface area contributed by atoms with Crippen molar-refractivity contribution < 1.29 is 28.6 Å². The smallest absolute Gasteiger partial charge is 0.343 e. The van der Waals surface area contributed by atoms with Gasteiger partial charge in [-0.05, 0) is 73.5 Å². The summed E-state index contributed by atoms with van der Waals surface area (Å²) in [6.45, 7) is 4.39. The van der Waals surface area contributed by atoms with Crippen LogP contribution in [0.4, 0.5) is 0 Å². The van der Waals surface area contributed by atoms with Crippen LogP contribution in [0.1, 0.15) is 51.6 Å². The normalized spacial score (nSPS) is 10.6. The summed E-state index contributed by atoms with van der Waals surface area (Å²) in [4.78, 5) is 36.8. The Morgan fingerprint density at radius 2 is 1.63 bits per heavy atom. The summed E-state index contributed by atoms with van der Waals surface area (Å²) in [7, 11) is 1.46. The number of hydrogen-bond acceptors (Lipinski definition) is 7. The summed E-state index contributed by atoms with van der Waals surface area (Å²) < 4.78 is 16.4. The van der Waals surface area contributed by atoms with Crippen molar-refractivity contribution in [1.29, 1.82) is 0 Å². The number of methoxy groups -OCH3 is 1. The number of nitrogens with one attached hydrogen (secondary N) is 2. The van der Waals surface area contributed by atoms with E-state index < -0.39 is 11.9 Å². The summed E-state index contributed by atoms with van der Waals surface area (Å²) >= 11 is 0. The van der Waals surface area contributed by atoms with Crippen molar-refractivity contribution in [3.05, 3.63) is 89.0 Å². The van der Waals surface area contributed by atoms with E-state index in [1.807, 2.05) is 19.1 Å². The molecule has 0 saturated heterocycles. The minimum Gasteiger partial charge on any atom is -0.494 e. The van der Waals surface area contributed by atoms with Crippen molar-refractivity contribution in [2.24, 2.45) is 5.10 Å². The van der Waals surface area contributed by atoms with Gasteiger partial charge >= 0.3 is 5.97 Å². The van der Waals surface area contributed by atoms with E-state index in [-0.39, 0.29) is 18.2 Å². The number of rotatable bonds is 12. The van der Waals surface area contributed by atoms with E-state index in [2.05, 4.69) is 22.8 Å². The molecule has 2 N–H and O–H groups in total. The van der Waals surface area contributed by atoms with Gasteiger partial charge < -0.3 is 19.5 Å². The zero-order valence-electron chi connectivity index (χ0n) is 21.7. The first-order chi connectivity index (χ1) is 18.4. The molecule has 0 unspecified atom stereocenters. The molecule has 9 heteroatoms. The Balaban J connectivity index is 1.48. The average molecular weight is 518 g/mol. The standard InChI is InChI=1S/C29H31N3O6/c1-4-5-16-37-24-13-11-22(12-14-24)28(34)30-19-27(33)32-31-18-21-8-15-25(26(17-21)36-3)38-29(35)23-9-6-20(2)7-10-23/h6-15,17-18H,4-5,16,19H2,1-3H3,(H,30,34)(H,32,33). The predicted molar refractivity (Wildman–Crippen MR) is 144 cm³/mol. The van der Waals surface area contributed by atoms with Crippen LogP contribution in [0.15, 0.2) is 71.8 Å². The van der Waals surface area contributed by atoms with E-state index in [0.717, 1.165) is 18.4 Å². The number of amides is 2. The fraction of sp³-hybridized carbons (Fsp3) is 0.241. The van der Waals surface area contributed by atoms with Gasteiger partial charge in [0, 0.05) is 5.56 Å². The Kier molecular flexibility index (Phi) is 10.4. The number of aryl methyl sites for hydroxylation is 1. The van der Waals surface area contributed by atoms with Gasteiger partial charge in [0.1, 0.15) is 5.75 Å². The predicted octanol–water partition coefficient (Wildman–Crippen LogP) is 4.28. The summed E-state index contributed by atoms with van der Waals surface area (Å²) in [6.07, 6.45) is 3.41. The second kappa shape index (κ2) is 14.2. The van der Waals surface area contributed by atoms with Gasteiger partial charge in [-0.1, -0.05) is 31.0 Å². The first kappa shape index (κ1) is 27.9. The summed E-state index contributed by atoms with van der Waals surface area (Å²) in [5.74, 6) is -0.113. The van der Waals surface area contributed by atoms with Gasteiger partial charge in [0.2, 0.25) is 0 Å². The first-order valence-electron chi connectivity index (χ1n) is 12.2. The van der Waals surface area contributed by atoms with Crippen LogP contribution < -0.4 is 25.0 Å². The quantitative estimate of drug-likeness (QED) is 0.122. The molecule has 0 bridgehead atoms. The van der Waals surface area contributed by atoms with Crippen LogP contribution in [0.3, 0.4) is 0 Å². The van der Waals surface area contributed by atoms with E-state index in [1.165, 1.54) is 13.3 Å². The van der Waals surface area contributed by atoms with Gasteiger partial charge in [-0.15, -0.1) is 0 Å². The molecule has 0 atom stereocenters. The Hall–Kier alpha value is -4.66. The van der Waals surface area contributed by atoms with Crippen LogP contribution in [0.2, 0.25) is 0 Å². The van der Waals surface area contributed by atoms with Crippen LogP contribution in [0.25, 0.3) is 0 Å².